The van der Waals surface area contributed by atoms with Crippen molar-refractivity contribution in [3.8, 4) is 0 Å². The topological polar surface area (TPSA) is 54.9 Å². The van der Waals surface area contributed by atoms with E-state index in [-0.39, 0.29) is 5.91 Å². The predicted molar refractivity (Wildman–Crippen MR) is 81.0 cm³/mol. The highest BCUT2D eigenvalue weighted by atomic mass is 79.9. The van der Waals surface area contributed by atoms with E-state index >= 15 is 0 Å². The van der Waals surface area contributed by atoms with Crippen molar-refractivity contribution in [1.29, 1.82) is 0 Å². The van der Waals surface area contributed by atoms with Gasteiger partial charge in [0.1, 0.15) is 4.88 Å². The third-order valence-electron chi connectivity index (χ3n) is 2.45. The van der Waals surface area contributed by atoms with Crippen LogP contribution in [0.1, 0.15) is 28.7 Å². The van der Waals surface area contributed by atoms with Crippen LogP contribution >= 0.6 is 39.1 Å². The molecular formula is C12H11BrClN3OS. The predicted octanol–water partition coefficient (Wildman–Crippen LogP) is 4.16. The van der Waals surface area contributed by atoms with Gasteiger partial charge in [0.2, 0.25) is 0 Å². The van der Waals surface area contributed by atoms with Gasteiger partial charge >= 0.3 is 0 Å². The van der Waals surface area contributed by atoms with Crippen molar-refractivity contribution in [3.05, 3.63) is 38.3 Å². The molecular weight excluding hydrogens is 350 g/mol. The molecule has 1 N–H and O–H groups in total. The Labute approximate surface area is 128 Å². The molecule has 0 aliphatic heterocycles. The van der Waals surface area contributed by atoms with Gasteiger partial charge in [-0.2, -0.15) is 0 Å². The fraction of sp³-hybridized carbons (Fsp3) is 0.250. The normalized spacial score (nSPS) is 10.5. The molecule has 2 rings (SSSR count). The van der Waals surface area contributed by atoms with Crippen molar-refractivity contribution < 1.29 is 4.79 Å². The summed E-state index contributed by atoms with van der Waals surface area (Å²) in [5, 5.41) is 7.34. The van der Waals surface area contributed by atoms with E-state index in [2.05, 4.69) is 30.8 Å². The molecule has 100 valence electrons. The lowest BCUT2D eigenvalue weighted by Gasteiger charge is -2.07. The molecule has 2 aromatic rings. The van der Waals surface area contributed by atoms with Gasteiger partial charge < -0.3 is 5.32 Å². The Hall–Kier alpha value is -0.980. The molecule has 0 saturated carbocycles. The minimum Gasteiger partial charge on any atom is -0.320 e. The molecule has 1 amide bonds. The highest BCUT2D eigenvalue weighted by molar-refractivity contribution is 9.10. The highest BCUT2D eigenvalue weighted by Crippen LogP contribution is 2.30. The minimum absolute atomic E-state index is 0.207. The second kappa shape index (κ2) is 6.45. The Morgan fingerprint density at radius 2 is 2.32 bits per heavy atom. The van der Waals surface area contributed by atoms with E-state index in [9.17, 15) is 4.79 Å². The first kappa shape index (κ1) is 14.4. The number of aromatic nitrogens is 2. The summed E-state index contributed by atoms with van der Waals surface area (Å²) in [6.07, 6.45) is 1.67. The van der Waals surface area contributed by atoms with Gasteiger partial charge in [-0.05, 0) is 46.0 Å². The second-order valence-corrected chi connectivity index (χ2v) is 5.81. The van der Waals surface area contributed by atoms with Gasteiger partial charge in [0, 0.05) is 0 Å². The Morgan fingerprint density at radius 3 is 3.05 bits per heavy atom. The molecule has 1 aromatic carbocycles. The van der Waals surface area contributed by atoms with Crippen molar-refractivity contribution in [2.75, 3.05) is 5.32 Å². The number of rotatable bonds is 4. The van der Waals surface area contributed by atoms with E-state index < -0.39 is 0 Å². The third kappa shape index (κ3) is 3.32. The van der Waals surface area contributed by atoms with Gasteiger partial charge in [0.15, 0.2) is 0 Å². The van der Waals surface area contributed by atoms with Crippen LogP contribution in [-0.2, 0) is 6.42 Å². The maximum atomic E-state index is 12.2. The summed E-state index contributed by atoms with van der Waals surface area (Å²) in [6, 6.07) is 5.31. The van der Waals surface area contributed by atoms with E-state index in [1.54, 1.807) is 18.2 Å². The molecule has 0 saturated heterocycles. The van der Waals surface area contributed by atoms with Gasteiger partial charge in [-0.25, -0.2) is 0 Å². The molecule has 7 heteroatoms. The van der Waals surface area contributed by atoms with E-state index in [1.807, 2.05) is 6.92 Å². The number of anilines is 1. The fourth-order valence-corrected chi connectivity index (χ4v) is 2.70. The van der Waals surface area contributed by atoms with Crippen LogP contribution in [0, 0.1) is 0 Å². The lowest BCUT2D eigenvalue weighted by Crippen LogP contribution is -2.13. The van der Waals surface area contributed by atoms with E-state index in [0.717, 1.165) is 30.1 Å². The Bertz CT molecular complexity index is 602. The van der Waals surface area contributed by atoms with Crippen LogP contribution in [0.15, 0.2) is 22.7 Å². The monoisotopic (exact) mass is 359 g/mol. The molecule has 1 aromatic heterocycles. The van der Waals surface area contributed by atoms with Crippen molar-refractivity contribution in [1.82, 2.24) is 9.59 Å². The SMILES string of the molecule is CCCc1nnsc1C(=O)Nc1cccc(Cl)c1Br. The van der Waals surface area contributed by atoms with Crippen molar-refractivity contribution in [2.24, 2.45) is 0 Å². The molecule has 0 aliphatic carbocycles. The zero-order chi connectivity index (χ0) is 13.8. The van der Waals surface area contributed by atoms with Gasteiger partial charge in [0.05, 0.1) is 20.9 Å². The summed E-state index contributed by atoms with van der Waals surface area (Å²) in [7, 11) is 0. The van der Waals surface area contributed by atoms with E-state index in [1.165, 1.54) is 0 Å². The lowest BCUT2D eigenvalue weighted by atomic mass is 10.2. The average molecular weight is 361 g/mol. The van der Waals surface area contributed by atoms with Crippen molar-refractivity contribution >= 4 is 50.7 Å². The van der Waals surface area contributed by atoms with Gasteiger partial charge in [-0.15, -0.1) is 5.10 Å². The van der Waals surface area contributed by atoms with Crippen LogP contribution in [-0.4, -0.2) is 15.5 Å². The number of hydrogen-bond donors (Lipinski definition) is 1. The number of hydrogen-bond acceptors (Lipinski definition) is 4. The van der Waals surface area contributed by atoms with Crippen LogP contribution in [0.25, 0.3) is 0 Å². The standard InChI is InChI=1S/C12H11BrClN3OS/c1-2-4-9-11(19-17-16-9)12(18)15-8-6-3-5-7(14)10(8)13/h3,5-6H,2,4H2,1H3,(H,15,18). The summed E-state index contributed by atoms with van der Waals surface area (Å²) in [5.74, 6) is -0.207. The first-order valence-electron chi connectivity index (χ1n) is 5.70. The van der Waals surface area contributed by atoms with Crippen molar-refractivity contribution in [3.63, 3.8) is 0 Å². The Morgan fingerprint density at radius 1 is 1.53 bits per heavy atom. The average Bonchev–Trinajstić information content (AvgIpc) is 2.84. The summed E-state index contributed by atoms with van der Waals surface area (Å²) in [5.41, 5.74) is 1.37. The van der Waals surface area contributed by atoms with Crippen LogP contribution in [0.5, 0.6) is 0 Å². The number of nitrogens with one attached hydrogen (secondary N) is 1. The van der Waals surface area contributed by atoms with Crippen LogP contribution < -0.4 is 5.32 Å². The van der Waals surface area contributed by atoms with E-state index in [4.69, 9.17) is 11.6 Å². The summed E-state index contributed by atoms with van der Waals surface area (Å²) in [4.78, 5) is 12.7. The van der Waals surface area contributed by atoms with Gasteiger partial charge in [-0.1, -0.05) is 35.5 Å². The highest BCUT2D eigenvalue weighted by Gasteiger charge is 2.17. The third-order valence-corrected chi connectivity index (χ3v) is 4.61. The Kier molecular flexibility index (Phi) is 4.90. The summed E-state index contributed by atoms with van der Waals surface area (Å²) in [6.45, 7) is 2.04. The molecule has 0 atom stereocenters. The number of carbonyl (C=O) groups excluding carboxylic acids is 1. The molecule has 4 nitrogen and oxygen atoms in total. The number of aryl methyl sites for hydroxylation is 1. The summed E-state index contributed by atoms with van der Waals surface area (Å²) < 4.78 is 4.50. The molecule has 19 heavy (non-hydrogen) atoms. The van der Waals surface area contributed by atoms with Crippen LogP contribution in [0.2, 0.25) is 5.02 Å². The summed E-state index contributed by atoms with van der Waals surface area (Å²) >= 11 is 10.4. The lowest BCUT2D eigenvalue weighted by molar-refractivity contribution is 0.102. The van der Waals surface area contributed by atoms with Crippen molar-refractivity contribution in [2.45, 2.75) is 19.8 Å². The van der Waals surface area contributed by atoms with Gasteiger partial charge in [-0.3, -0.25) is 4.79 Å². The molecule has 0 spiro atoms. The van der Waals surface area contributed by atoms with Crippen LogP contribution in [0.3, 0.4) is 0 Å². The first-order chi connectivity index (χ1) is 9.13. The van der Waals surface area contributed by atoms with E-state index in [0.29, 0.717) is 20.1 Å². The largest absolute Gasteiger partial charge is 0.320 e. The smallest absolute Gasteiger partial charge is 0.269 e. The number of amides is 1. The maximum absolute atomic E-state index is 12.2. The first-order valence-corrected chi connectivity index (χ1v) is 7.64. The maximum Gasteiger partial charge on any atom is 0.269 e. The van der Waals surface area contributed by atoms with Crippen LogP contribution in [0.4, 0.5) is 5.69 Å². The molecule has 0 bridgehead atoms. The second-order valence-electron chi connectivity index (χ2n) is 3.85. The van der Waals surface area contributed by atoms with Gasteiger partial charge in [0.25, 0.3) is 5.91 Å². The fourth-order valence-electron chi connectivity index (χ4n) is 1.56. The molecule has 1 heterocycles. The number of carbonyl (C=O) groups is 1. The Balaban J connectivity index is 2.21. The molecule has 0 aliphatic rings. The molecule has 0 radical (unpaired) electrons. The molecule has 0 unspecified atom stereocenters. The zero-order valence-corrected chi connectivity index (χ0v) is 13.3. The zero-order valence-electron chi connectivity index (χ0n) is 10.1. The molecule has 0 fully saturated rings. The number of halogens is 2. The number of benzene rings is 1. The minimum atomic E-state index is -0.207. The quantitative estimate of drug-likeness (QED) is 0.890. The number of nitrogens with zero attached hydrogens (tertiary/aromatic N) is 2.